The highest BCUT2D eigenvalue weighted by Gasteiger charge is 2.07. The van der Waals surface area contributed by atoms with Crippen molar-refractivity contribution < 1.29 is 9.15 Å². The van der Waals surface area contributed by atoms with E-state index in [1.165, 1.54) is 0 Å². The summed E-state index contributed by atoms with van der Waals surface area (Å²) in [7, 11) is 0. The molecule has 2 rings (SSSR count). The van der Waals surface area contributed by atoms with Crippen molar-refractivity contribution in [1.29, 1.82) is 5.26 Å². The average molecular weight is 242 g/mol. The molecule has 0 saturated heterocycles. The standard InChI is InChI=1S/C14H14N2O2/c1-9-4-5-12(7-15)6-13(9)17-8-14-16-10(2)11(3)18-14/h4-6H,8H2,1-3H3. The third-order valence-corrected chi connectivity index (χ3v) is 2.74. The Labute approximate surface area is 106 Å². The van der Waals surface area contributed by atoms with Crippen molar-refractivity contribution in [3.05, 3.63) is 46.7 Å². The van der Waals surface area contributed by atoms with Crippen LogP contribution in [0.1, 0.15) is 28.5 Å². The zero-order chi connectivity index (χ0) is 13.1. The summed E-state index contributed by atoms with van der Waals surface area (Å²) >= 11 is 0. The summed E-state index contributed by atoms with van der Waals surface area (Å²) in [5, 5.41) is 8.84. The maximum absolute atomic E-state index is 8.84. The normalized spacial score (nSPS) is 10.1. The molecule has 0 atom stereocenters. The SMILES string of the molecule is Cc1ccc(C#N)cc1OCc1nc(C)c(C)o1. The first-order chi connectivity index (χ1) is 8.60. The number of ether oxygens (including phenoxy) is 1. The van der Waals surface area contributed by atoms with E-state index in [9.17, 15) is 0 Å². The van der Waals surface area contributed by atoms with Crippen molar-refractivity contribution >= 4 is 0 Å². The molecule has 0 amide bonds. The number of oxazole rings is 1. The van der Waals surface area contributed by atoms with E-state index in [-0.39, 0.29) is 6.61 Å². The Bertz CT molecular complexity index is 589. The minimum atomic E-state index is 0.268. The maximum Gasteiger partial charge on any atom is 0.232 e. The Morgan fingerprint density at radius 1 is 1.33 bits per heavy atom. The number of nitrogens with zero attached hydrogens (tertiary/aromatic N) is 2. The van der Waals surface area contributed by atoms with Crippen LogP contribution in [0.25, 0.3) is 0 Å². The lowest BCUT2D eigenvalue weighted by molar-refractivity contribution is 0.259. The first-order valence-corrected chi connectivity index (χ1v) is 5.66. The van der Waals surface area contributed by atoms with Gasteiger partial charge in [0.15, 0.2) is 6.61 Å². The van der Waals surface area contributed by atoms with Gasteiger partial charge in [-0.1, -0.05) is 6.07 Å². The zero-order valence-electron chi connectivity index (χ0n) is 10.7. The van der Waals surface area contributed by atoms with Gasteiger partial charge in [0.2, 0.25) is 5.89 Å². The fourth-order valence-electron chi connectivity index (χ4n) is 1.57. The van der Waals surface area contributed by atoms with Gasteiger partial charge in [0.05, 0.1) is 17.3 Å². The summed E-state index contributed by atoms with van der Waals surface area (Å²) in [6.45, 7) is 5.96. The summed E-state index contributed by atoms with van der Waals surface area (Å²) < 4.78 is 11.1. The summed E-state index contributed by atoms with van der Waals surface area (Å²) in [5.74, 6) is 2.03. The molecule has 0 radical (unpaired) electrons. The van der Waals surface area contributed by atoms with Crippen molar-refractivity contribution in [3.63, 3.8) is 0 Å². The molecule has 0 saturated carbocycles. The van der Waals surface area contributed by atoms with E-state index in [1.54, 1.807) is 12.1 Å². The van der Waals surface area contributed by atoms with Crippen LogP contribution < -0.4 is 4.74 Å². The van der Waals surface area contributed by atoms with Gasteiger partial charge < -0.3 is 9.15 Å². The number of rotatable bonds is 3. The van der Waals surface area contributed by atoms with Crippen molar-refractivity contribution in [1.82, 2.24) is 4.98 Å². The predicted molar refractivity (Wildman–Crippen MR) is 66.2 cm³/mol. The maximum atomic E-state index is 8.84. The molecule has 18 heavy (non-hydrogen) atoms. The highest BCUT2D eigenvalue weighted by atomic mass is 16.5. The number of aromatic nitrogens is 1. The second-order valence-corrected chi connectivity index (χ2v) is 4.13. The highest BCUT2D eigenvalue weighted by Crippen LogP contribution is 2.20. The molecule has 92 valence electrons. The van der Waals surface area contributed by atoms with Crippen LogP contribution in [0.2, 0.25) is 0 Å². The average Bonchev–Trinajstić information content (AvgIpc) is 2.68. The molecule has 2 aromatic rings. The van der Waals surface area contributed by atoms with E-state index in [4.69, 9.17) is 14.4 Å². The number of hydrogen-bond donors (Lipinski definition) is 0. The molecule has 0 aliphatic carbocycles. The van der Waals surface area contributed by atoms with Crippen molar-refractivity contribution in [2.75, 3.05) is 0 Å². The van der Waals surface area contributed by atoms with Crippen LogP contribution in [0.4, 0.5) is 0 Å². The Morgan fingerprint density at radius 2 is 2.11 bits per heavy atom. The van der Waals surface area contributed by atoms with Crippen LogP contribution in [0.15, 0.2) is 22.6 Å². The zero-order valence-corrected chi connectivity index (χ0v) is 10.7. The molecule has 0 spiro atoms. The largest absolute Gasteiger partial charge is 0.484 e. The minimum absolute atomic E-state index is 0.268. The van der Waals surface area contributed by atoms with Crippen molar-refractivity contribution in [2.45, 2.75) is 27.4 Å². The van der Waals surface area contributed by atoms with E-state index < -0.39 is 0 Å². The van der Waals surface area contributed by atoms with E-state index in [2.05, 4.69) is 11.1 Å². The second-order valence-electron chi connectivity index (χ2n) is 4.13. The van der Waals surface area contributed by atoms with Gasteiger partial charge in [0.1, 0.15) is 11.5 Å². The predicted octanol–water partition coefficient (Wildman–Crippen LogP) is 3.05. The summed E-state index contributed by atoms with van der Waals surface area (Å²) in [5.41, 5.74) is 2.43. The van der Waals surface area contributed by atoms with Gasteiger partial charge in [-0.05, 0) is 38.5 Å². The molecule has 1 aromatic heterocycles. The van der Waals surface area contributed by atoms with E-state index in [1.807, 2.05) is 26.8 Å². The van der Waals surface area contributed by atoms with Crippen LogP contribution in [0.5, 0.6) is 5.75 Å². The van der Waals surface area contributed by atoms with Crippen molar-refractivity contribution in [2.24, 2.45) is 0 Å². The molecule has 0 N–H and O–H groups in total. The second kappa shape index (κ2) is 4.92. The Morgan fingerprint density at radius 3 is 2.72 bits per heavy atom. The molecule has 0 bridgehead atoms. The Balaban J connectivity index is 2.13. The van der Waals surface area contributed by atoms with Crippen molar-refractivity contribution in [3.8, 4) is 11.8 Å². The lowest BCUT2D eigenvalue weighted by atomic mass is 10.1. The van der Waals surface area contributed by atoms with Gasteiger partial charge >= 0.3 is 0 Å². The fraction of sp³-hybridized carbons (Fsp3) is 0.286. The van der Waals surface area contributed by atoms with Crippen LogP contribution in [-0.2, 0) is 6.61 Å². The highest BCUT2D eigenvalue weighted by molar-refractivity contribution is 5.41. The third-order valence-electron chi connectivity index (χ3n) is 2.74. The lowest BCUT2D eigenvalue weighted by Crippen LogP contribution is -1.97. The number of aryl methyl sites for hydroxylation is 3. The van der Waals surface area contributed by atoms with Gasteiger partial charge in [-0.25, -0.2) is 4.98 Å². The molecule has 4 nitrogen and oxygen atoms in total. The van der Waals surface area contributed by atoms with Gasteiger partial charge in [0.25, 0.3) is 0 Å². The molecular weight excluding hydrogens is 228 g/mol. The first-order valence-electron chi connectivity index (χ1n) is 5.66. The van der Waals surface area contributed by atoms with Gasteiger partial charge in [0, 0.05) is 0 Å². The molecular formula is C14H14N2O2. The Hall–Kier alpha value is -2.28. The number of hydrogen-bond acceptors (Lipinski definition) is 4. The molecule has 0 unspecified atom stereocenters. The van der Waals surface area contributed by atoms with E-state index >= 15 is 0 Å². The molecule has 0 fully saturated rings. The number of nitriles is 1. The number of benzene rings is 1. The van der Waals surface area contributed by atoms with Crippen LogP contribution in [-0.4, -0.2) is 4.98 Å². The van der Waals surface area contributed by atoms with Gasteiger partial charge in [-0.3, -0.25) is 0 Å². The van der Waals surface area contributed by atoms with Crippen LogP contribution >= 0.6 is 0 Å². The molecule has 4 heteroatoms. The minimum Gasteiger partial charge on any atom is -0.484 e. The molecule has 0 aliphatic heterocycles. The summed E-state index contributed by atoms with van der Waals surface area (Å²) in [6, 6.07) is 7.43. The summed E-state index contributed by atoms with van der Waals surface area (Å²) in [4.78, 5) is 4.24. The van der Waals surface area contributed by atoms with Gasteiger partial charge in [-0.2, -0.15) is 5.26 Å². The summed E-state index contributed by atoms with van der Waals surface area (Å²) in [6.07, 6.45) is 0. The topological polar surface area (TPSA) is 59.0 Å². The third kappa shape index (κ3) is 2.51. The van der Waals surface area contributed by atoms with E-state index in [0.29, 0.717) is 17.2 Å². The Kier molecular flexibility index (Phi) is 3.33. The fourth-order valence-corrected chi connectivity index (χ4v) is 1.57. The first kappa shape index (κ1) is 12.2. The lowest BCUT2D eigenvalue weighted by Gasteiger charge is -2.07. The smallest absolute Gasteiger partial charge is 0.232 e. The van der Waals surface area contributed by atoms with Gasteiger partial charge in [-0.15, -0.1) is 0 Å². The monoisotopic (exact) mass is 242 g/mol. The van der Waals surface area contributed by atoms with Crippen LogP contribution in [0, 0.1) is 32.1 Å². The molecule has 1 aromatic carbocycles. The quantitative estimate of drug-likeness (QED) is 0.830. The van der Waals surface area contributed by atoms with E-state index in [0.717, 1.165) is 17.0 Å². The molecule has 1 heterocycles. The van der Waals surface area contributed by atoms with Crippen LogP contribution in [0.3, 0.4) is 0 Å². The molecule has 0 aliphatic rings.